The van der Waals surface area contributed by atoms with Gasteiger partial charge in [0.15, 0.2) is 11.5 Å². The summed E-state index contributed by atoms with van der Waals surface area (Å²) in [7, 11) is 3.09. The minimum absolute atomic E-state index is 0.0842. The Kier molecular flexibility index (Phi) is 2.79. The van der Waals surface area contributed by atoms with E-state index in [0.29, 0.717) is 17.2 Å². The van der Waals surface area contributed by atoms with Crippen molar-refractivity contribution in [1.82, 2.24) is 0 Å². The number of methoxy groups -OCH3 is 2. The number of hydrogen-bond acceptors (Lipinski definition) is 4. The first-order chi connectivity index (χ1) is 10.7. The van der Waals surface area contributed by atoms with Crippen molar-refractivity contribution in [1.29, 1.82) is 0 Å². The zero-order valence-corrected chi connectivity index (χ0v) is 12.5. The molecular formula is C17H17NO4. The van der Waals surface area contributed by atoms with Crippen LogP contribution in [0.1, 0.15) is 6.42 Å². The Morgan fingerprint density at radius 1 is 0.955 bits per heavy atom. The Hall–Kier alpha value is -2.30. The number of hydrogen-bond donors (Lipinski definition) is 0. The number of imide groups is 1. The molecule has 0 unspecified atom stereocenters. The second-order valence-corrected chi connectivity index (χ2v) is 6.05. The molecule has 1 aliphatic heterocycles. The van der Waals surface area contributed by atoms with E-state index in [1.165, 1.54) is 12.0 Å². The molecule has 0 N–H and O–H groups in total. The summed E-state index contributed by atoms with van der Waals surface area (Å²) in [5.41, 5.74) is 0.557. The normalized spacial score (nSPS) is 31.8. The first kappa shape index (κ1) is 13.4. The monoisotopic (exact) mass is 299 g/mol. The molecule has 1 aromatic rings. The Labute approximate surface area is 128 Å². The van der Waals surface area contributed by atoms with Crippen molar-refractivity contribution in [3.63, 3.8) is 0 Å². The van der Waals surface area contributed by atoms with E-state index in [0.717, 1.165) is 6.42 Å². The Balaban J connectivity index is 1.72. The maximum absolute atomic E-state index is 12.7. The molecule has 22 heavy (non-hydrogen) atoms. The average molecular weight is 299 g/mol. The number of benzene rings is 1. The Bertz CT molecular complexity index is 666. The molecule has 1 saturated heterocycles. The van der Waals surface area contributed by atoms with Crippen molar-refractivity contribution in [3.05, 3.63) is 30.4 Å². The summed E-state index contributed by atoms with van der Waals surface area (Å²) >= 11 is 0. The molecule has 2 bridgehead atoms. The second-order valence-electron chi connectivity index (χ2n) is 6.05. The number of carbonyl (C=O) groups is 2. The van der Waals surface area contributed by atoms with Gasteiger partial charge in [-0.3, -0.25) is 9.59 Å². The third-order valence-electron chi connectivity index (χ3n) is 5.10. The highest BCUT2D eigenvalue weighted by atomic mass is 16.5. The minimum atomic E-state index is -0.185. The molecule has 4 atom stereocenters. The van der Waals surface area contributed by atoms with Crippen LogP contribution in [-0.4, -0.2) is 26.0 Å². The van der Waals surface area contributed by atoms with E-state index >= 15 is 0 Å². The summed E-state index contributed by atoms with van der Waals surface area (Å²) in [6.07, 6.45) is 5.12. The molecule has 2 amide bonds. The van der Waals surface area contributed by atoms with Crippen LogP contribution in [0.3, 0.4) is 0 Å². The first-order valence-corrected chi connectivity index (χ1v) is 7.44. The second kappa shape index (κ2) is 4.60. The van der Waals surface area contributed by atoms with Crippen LogP contribution in [-0.2, 0) is 9.59 Å². The largest absolute Gasteiger partial charge is 0.493 e. The highest BCUT2D eigenvalue weighted by Crippen LogP contribution is 2.53. The number of allylic oxidation sites excluding steroid dienone is 2. The van der Waals surface area contributed by atoms with Gasteiger partial charge in [-0.2, -0.15) is 0 Å². The number of fused-ring (bicyclic) bond motifs is 5. The van der Waals surface area contributed by atoms with Gasteiger partial charge in [-0.05, 0) is 30.4 Å². The molecule has 5 heteroatoms. The predicted molar refractivity (Wildman–Crippen MR) is 79.8 cm³/mol. The number of anilines is 1. The van der Waals surface area contributed by atoms with Gasteiger partial charge in [-0.1, -0.05) is 12.2 Å². The molecular weight excluding hydrogens is 282 g/mol. The fourth-order valence-corrected chi connectivity index (χ4v) is 4.12. The molecule has 0 spiro atoms. The van der Waals surface area contributed by atoms with Crippen LogP contribution < -0.4 is 14.4 Å². The third-order valence-corrected chi connectivity index (χ3v) is 5.10. The number of amides is 2. The van der Waals surface area contributed by atoms with Crippen LogP contribution in [0.2, 0.25) is 0 Å². The minimum Gasteiger partial charge on any atom is -0.493 e. The molecule has 1 heterocycles. The SMILES string of the molecule is COc1ccc(N2C(=O)[C@@H]3[C@H](C2=O)[C@@H]2C=C[C@H]3C2)cc1OC. The lowest BCUT2D eigenvalue weighted by molar-refractivity contribution is -0.123. The number of ether oxygens (including phenoxy) is 2. The summed E-state index contributed by atoms with van der Waals surface area (Å²) < 4.78 is 10.5. The smallest absolute Gasteiger partial charge is 0.238 e. The van der Waals surface area contributed by atoms with E-state index in [-0.39, 0.29) is 35.5 Å². The van der Waals surface area contributed by atoms with Crippen LogP contribution in [0.4, 0.5) is 5.69 Å². The van der Waals surface area contributed by atoms with Crippen molar-refractivity contribution in [2.45, 2.75) is 6.42 Å². The zero-order valence-electron chi connectivity index (χ0n) is 12.5. The summed E-state index contributed by atoms with van der Waals surface area (Å²) in [5, 5.41) is 0. The molecule has 2 aliphatic carbocycles. The van der Waals surface area contributed by atoms with Gasteiger partial charge in [0.1, 0.15) is 0 Å². The van der Waals surface area contributed by atoms with Crippen molar-refractivity contribution in [3.8, 4) is 11.5 Å². The van der Waals surface area contributed by atoms with Gasteiger partial charge in [0.2, 0.25) is 11.8 Å². The summed E-state index contributed by atoms with van der Waals surface area (Å²) in [4.78, 5) is 26.8. The summed E-state index contributed by atoms with van der Waals surface area (Å²) in [5.74, 6) is 0.989. The standard InChI is InChI=1S/C17H17NO4/c1-21-12-6-5-11(8-13(12)22-2)18-16(19)14-9-3-4-10(7-9)15(14)17(18)20/h3-6,8-10,14-15H,7H2,1-2H3/t9-,10+,14-,15+. The lowest BCUT2D eigenvalue weighted by Gasteiger charge is -2.18. The molecule has 5 nitrogen and oxygen atoms in total. The van der Waals surface area contributed by atoms with E-state index in [1.54, 1.807) is 25.3 Å². The van der Waals surface area contributed by atoms with Gasteiger partial charge in [0.25, 0.3) is 0 Å². The van der Waals surface area contributed by atoms with Crippen LogP contribution in [0, 0.1) is 23.7 Å². The molecule has 1 saturated carbocycles. The summed E-state index contributed by atoms with van der Waals surface area (Å²) in [6.45, 7) is 0. The van der Waals surface area contributed by atoms with Gasteiger partial charge in [-0.15, -0.1) is 0 Å². The van der Waals surface area contributed by atoms with E-state index in [9.17, 15) is 9.59 Å². The van der Waals surface area contributed by atoms with Crippen molar-refractivity contribution in [2.75, 3.05) is 19.1 Å². The Morgan fingerprint density at radius 2 is 1.55 bits per heavy atom. The molecule has 1 aromatic carbocycles. The van der Waals surface area contributed by atoms with Crippen molar-refractivity contribution < 1.29 is 19.1 Å². The number of carbonyl (C=O) groups excluding carboxylic acids is 2. The van der Waals surface area contributed by atoms with E-state index < -0.39 is 0 Å². The average Bonchev–Trinajstić information content (AvgIpc) is 3.21. The van der Waals surface area contributed by atoms with Gasteiger partial charge in [-0.25, -0.2) is 4.90 Å². The van der Waals surface area contributed by atoms with Crippen LogP contribution in [0.25, 0.3) is 0 Å². The molecule has 4 rings (SSSR count). The number of rotatable bonds is 3. The first-order valence-electron chi connectivity index (χ1n) is 7.44. The maximum Gasteiger partial charge on any atom is 0.238 e. The van der Waals surface area contributed by atoms with Gasteiger partial charge in [0, 0.05) is 6.07 Å². The maximum atomic E-state index is 12.7. The van der Waals surface area contributed by atoms with Crippen LogP contribution in [0.15, 0.2) is 30.4 Å². The fraction of sp³-hybridized carbons (Fsp3) is 0.412. The van der Waals surface area contributed by atoms with Crippen LogP contribution in [0.5, 0.6) is 11.5 Å². The van der Waals surface area contributed by atoms with Gasteiger partial charge >= 0.3 is 0 Å². The highest BCUT2D eigenvalue weighted by Gasteiger charge is 2.59. The molecule has 3 aliphatic rings. The molecule has 0 radical (unpaired) electrons. The third kappa shape index (κ3) is 1.59. The van der Waals surface area contributed by atoms with Gasteiger partial charge < -0.3 is 9.47 Å². The fourth-order valence-electron chi connectivity index (χ4n) is 4.12. The van der Waals surface area contributed by atoms with E-state index in [1.807, 2.05) is 0 Å². The zero-order chi connectivity index (χ0) is 15.4. The van der Waals surface area contributed by atoms with Crippen molar-refractivity contribution in [2.24, 2.45) is 23.7 Å². The van der Waals surface area contributed by atoms with Crippen molar-refractivity contribution >= 4 is 17.5 Å². The highest BCUT2D eigenvalue weighted by molar-refractivity contribution is 6.22. The van der Waals surface area contributed by atoms with Gasteiger partial charge in [0.05, 0.1) is 31.7 Å². The van der Waals surface area contributed by atoms with E-state index in [2.05, 4.69) is 12.2 Å². The predicted octanol–water partition coefficient (Wildman–Crippen LogP) is 2.02. The lowest BCUT2D eigenvalue weighted by atomic mass is 9.85. The van der Waals surface area contributed by atoms with E-state index in [4.69, 9.17) is 9.47 Å². The number of nitrogens with zero attached hydrogens (tertiary/aromatic N) is 1. The topological polar surface area (TPSA) is 55.8 Å². The molecule has 2 fully saturated rings. The molecule has 114 valence electrons. The lowest BCUT2D eigenvalue weighted by Crippen LogP contribution is -2.32. The Morgan fingerprint density at radius 3 is 2.09 bits per heavy atom. The quantitative estimate of drug-likeness (QED) is 0.633. The molecule has 0 aromatic heterocycles. The van der Waals surface area contributed by atoms with Crippen LogP contribution >= 0.6 is 0 Å². The summed E-state index contributed by atoms with van der Waals surface area (Å²) in [6, 6.07) is 5.13.